The van der Waals surface area contributed by atoms with E-state index in [0.717, 1.165) is 11.5 Å². The second-order valence-electron chi connectivity index (χ2n) is 5.83. The number of aromatic nitrogens is 1. The highest BCUT2D eigenvalue weighted by Gasteiger charge is 1.96. The third-order valence-corrected chi connectivity index (χ3v) is 2.80. The van der Waals surface area contributed by atoms with Crippen molar-refractivity contribution in [2.24, 2.45) is 0 Å². The lowest BCUT2D eigenvalue weighted by Crippen LogP contribution is -2.10. The van der Waals surface area contributed by atoms with Crippen molar-refractivity contribution in [3.8, 4) is 12.1 Å². The van der Waals surface area contributed by atoms with Gasteiger partial charge in [-0.2, -0.15) is 10.5 Å². The molecule has 0 aliphatic heterocycles. The molecule has 2 rings (SSSR count). The van der Waals surface area contributed by atoms with Crippen molar-refractivity contribution in [3.63, 3.8) is 0 Å². The zero-order chi connectivity index (χ0) is 17.9. The van der Waals surface area contributed by atoms with Gasteiger partial charge in [0.25, 0.3) is 0 Å². The Morgan fingerprint density at radius 1 is 0.792 bits per heavy atom. The maximum absolute atomic E-state index is 8.54. The lowest BCUT2D eigenvalue weighted by molar-refractivity contribution is 0.889. The van der Waals surface area contributed by atoms with Crippen LogP contribution in [0.4, 0.5) is 11.5 Å². The predicted molar refractivity (Wildman–Crippen MR) is 97.6 cm³/mol. The summed E-state index contributed by atoms with van der Waals surface area (Å²) in [6.07, 6.45) is 1.56. The molecule has 2 aromatic rings. The van der Waals surface area contributed by atoms with E-state index in [0.29, 0.717) is 23.2 Å². The average Bonchev–Trinajstić information content (AvgIpc) is 2.56. The summed E-state index contributed by atoms with van der Waals surface area (Å²) in [4.78, 5) is 4.06. The van der Waals surface area contributed by atoms with Crippen LogP contribution >= 0.6 is 0 Å². The monoisotopic (exact) mass is 321 g/mol. The molecule has 1 heterocycles. The zero-order valence-electron chi connectivity index (χ0n) is 14.5. The van der Waals surface area contributed by atoms with Gasteiger partial charge in [0.2, 0.25) is 0 Å². The highest BCUT2D eigenvalue weighted by atomic mass is 15.0. The highest BCUT2D eigenvalue weighted by Crippen LogP contribution is 2.09. The quantitative estimate of drug-likeness (QED) is 0.883. The number of hydrogen-bond donors (Lipinski definition) is 2. The van der Waals surface area contributed by atoms with Crippen LogP contribution in [0, 0.1) is 22.7 Å². The van der Waals surface area contributed by atoms with E-state index in [1.165, 1.54) is 0 Å². The van der Waals surface area contributed by atoms with Gasteiger partial charge in [-0.05, 0) is 64.1 Å². The SMILES string of the molecule is CC(C)Nc1ccc(C#N)cc1.CC(C)Nc1ccc(C#N)cn1. The third kappa shape index (κ3) is 7.29. The highest BCUT2D eigenvalue weighted by molar-refractivity contribution is 5.47. The lowest BCUT2D eigenvalue weighted by atomic mass is 10.2. The Morgan fingerprint density at radius 2 is 1.33 bits per heavy atom. The summed E-state index contributed by atoms with van der Waals surface area (Å²) >= 11 is 0. The lowest BCUT2D eigenvalue weighted by Gasteiger charge is -2.08. The number of hydrogen-bond acceptors (Lipinski definition) is 5. The molecular weight excluding hydrogens is 298 g/mol. The largest absolute Gasteiger partial charge is 0.383 e. The van der Waals surface area contributed by atoms with Gasteiger partial charge in [-0.25, -0.2) is 4.98 Å². The normalized spacial score (nSPS) is 9.50. The molecule has 0 spiro atoms. The first-order valence-corrected chi connectivity index (χ1v) is 7.84. The van der Waals surface area contributed by atoms with Crippen LogP contribution in [0.15, 0.2) is 42.6 Å². The van der Waals surface area contributed by atoms with Crippen molar-refractivity contribution in [3.05, 3.63) is 53.7 Å². The standard InChI is InChI=1S/C10H12N2.C9H11N3/c1-8(2)12-10-5-3-9(7-11)4-6-10;1-7(2)12-9-4-3-8(5-10)6-11-9/h3-6,8,12H,1-2H3;3-4,6-7H,1-2H3,(H,11,12). The van der Waals surface area contributed by atoms with Gasteiger partial charge >= 0.3 is 0 Å². The van der Waals surface area contributed by atoms with Crippen LogP contribution in [0.1, 0.15) is 38.8 Å². The Hall–Kier alpha value is -3.05. The minimum absolute atomic E-state index is 0.366. The Kier molecular flexibility index (Phi) is 7.81. The van der Waals surface area contributed by atoms with Gasteiger partial charge < -0.3 is 10.6 Å². The maximum Gasteiger partial charge on any atom is 0.126 e. The number of benzene rings is 1. The minimum atomic E-state index is 0.366. The summed E-state index contributed by atoms with van der Waals surface area (Å²) < 4.78 is 0. The van der Waals surface area contributed by atoms with Crippen molar-refractivity contribution in [2.45, 2.75) is 39.8 Å². The molecule has 0 amide bonds. The summed E-state index contributed by atoms with van der Waals surface area (Å²) in [7, 11) is 0. The van der Waals surface area contributed by atoms with E-state index in [2.05, 4.69) is 35.5 Å². The smallest absolute Gasteiger partial charge is 0.126 e. The number of nitrogens with one attached hydrogen (secondary N) is 2. The molecule has 124 valence electrons. The Labute approximate surface area is 144 Å². The summed E-state index contributed by atoms with van der Waals surface area (Å²) in [6, 6.07) is 15.9. The van der Waals surface area contributed by atoms with Gasteiger partial charge in [-0.15, -0.1) is 0 Å². The van der Waals surface area contributed by atoms with Gasteiger partial charge in [0.1, 0.15) is 11.9 Å². The Bertz CT molecular complexity index is 625. The van der Waals surface area contributed by atoms with Gasteiger partial charge in [0.15, 0.2) is 0 Å². The van der Waals surface area contributed by atoms with E-state index in [9.17, 15) is 0 Å². The Morgan fingerprint density at radius 3 is 1.75 bits per heavy atom. The molecule has 2 N–H and O–H groups in total. The number of anilines is 2. The first-order chi connectivity index (χ1) is 11.4. The van der Waals surface area contributed by atoms with E-state index in [1.54, 1.807) is 18.3 Å². The number of rotatable bonds is 4. The molecule has 5 heteroatoms. The number of pyridine rings is 1. The van der Waals surface area contributed by atoms with Crippen LogP contribution in [0.25, 0.3) is 0 Å². The van der Waals surface area contributed by atoms with Crippen LogP contribution in [0.2, 0.25) is 0 Å². The minimum Gasteiger partial charge on any atom is -0.383 e. The number of nitrogens with zero attached hydrogens (tertiary/aromatic N) is 3. The number of nitriles is 2. The molecule has 0 unspecified atom stereocenters. The van der Waals surface area contributed by atoms with Crippen LogP contribution in [-0.4, -0.2) is 17.1 Å². The summed E-state index contributed by atoms with van der Waals surface area (Å²) in [5.74, 6) is 0.809. The first kappa shape index (κ1) is 19.0. The van der Waals surface area contributed by atoms with E-state index < -0.39 is 0 Å². The topological polar surface area (TPSA) is 84.5 Å². The van der Waals surface area contributed by atoms with Crippen molar-refractivity contribution in [1.29, 1.82) is 10.5 Å². The van der Waals surface area contributed by atoms with Crippen LogP contribution in [0.3, 0.4) is 0 Å². The predicted octanol–water partition coefficient (Wildman–Crippen LogP) is 4.15. The molecule has 0 radical (unpaired) electrons. The van der Waals surface area contributed by atoms with E-state index in [4.69, 9.17) is 10.5 Å². The van der Waals surface area contributed by atoms with Crippen LogP contribution in [-0.2, 0) is 0 Å². The molecular formula is C19H23N5. The second-order valence-corrected chi connectivity index (χ2v) is 5.83. The molecule has 0 bridgehead atoms. The fraction of sp³-hybridized carbons (Fsp3) is 0.316. The third-order valence-electron chi connectivity index (χ3n) is 2.80. The fourth-order valence-electron chi connectivity index (χ4n) is 1.82. The Balaban J connectivity index is 0.000000240. The van der Waals surface area contributed by atoms with Crippen LogP contribution < -0.4 is 10.6 Å². The molecule has 0 aliphatic carbocycles. The zero-order valence-corrected chi connectivity index (χ0v) is 14.5. The molecule has 1 aromatic heterocycles. The molecule has 0 atom stereocenters. The molecule has 0 saturated carbocycles. The summed E-state index contributed by atoms with van der Waals surface area (Å²) in [5, 5.41) is 23.4. The van der Waals surface area contributed by atoms with Crippen molar-refractivity contribution >= 4 is 11.5 Å². The molecule has 1 aromatic carbocycles. The van der Waals surface area contributed by atoms with Gasteiger partial charge in [0.05, 0.1) is 17.2 Å². The van der Waals surface area contributed by atoms with E-state index in [-0.39, 0.29) is 0 Å². The van der Waals surface area contributed by atoms with Crippen molar-refractivity contribution < 1.29 is 0 Å². The van der Waals surface area contributed by atoms with Crippen LogP contribution in [0.5, 0.6) is 0 Å². The molecule has 24 heavy (non-hydrogen) atoms. The average molecular weight is 321 g/mol. The van der Waals surface area contributed by atoms with Gasteiger partial charge in [-0.1, -0.05) is 0 Å². The van der Waals surface area contributed by atoms with Crippen molar-refractivity contribution in [1.82, 2.24) is 4.98 Å². The van der Waals surface area contributed by atoms with Crippen molar-refractivity contribution in [2.75, 3.05) is 10.6 Å². The first-order valence-electron chi connectivity index (χ1n) is 7.84. The summed E-state index contributed by atoms with van der Waals surface area (Å²) in [6.45, 7) is 8.25. The molecule has 0 saturated heterocycles. The fourth-order valence-corrected chi connectivity index (χ4v) is 1.82. The van der Waals surface area contributed by atoms with E-state index in [1.807, 2.05) is 44.2 Å². The second kappa shape index (κ2) is 9.86. The van der Waals surface area contributed by atoms with Gasteiger partial charge in [0, 0.05) is 24.0 Å². The molecule has 0 aliphatic rings. The molecule has 5 nitrogen and oxygen atoms in total. The molecule has 0 fully saturated rings. The summed E-state index contributed by atoms with van der Waals surface area (Å²) in [5.41, 5.74) is 2.35. The maximum atomic E-state index is 8.54. The van der Waals surface area contributed by atoms with Gasteiger partial charge in [-0.3, -0.25) is 0 Å². The van der Waals surface area contributed by atoms with E-state index >= 15 is 0 Å².